The minimum atomic E-state index is -0.227. The van der Waals surface area contributed by atoms with Gasteiger partial charge in [0.05, 0.1) is 6.10 Å². The van der Waals surface area contributed by atoms with Crippen LogP contribution >= 0.6 is 0 Å². The van der Waals surface area contributed by atoms with Crippen molar-refractivity contribution in [3.05, 3.63) is 35.5 Å². The molecule has 1 atom stereocenters. The number of aliphatic hydroxyl groups is 1. The minimum Gasteiger partial charge on any atom is -0.391 e. The Morgan fingerprint density at radius 1 is 1.48 bits per heavy atom. The smallest absolute Gasteiger partial charge is 0.194 e. The Hall–Kier alpha value is -2.01. The fourth-order valence-electron chi connectivity index (χ4n) is 3.29. The van der Waals surface area contributed by atoms with Gasteiger partial charge < -0.3 is 20.3 Å². The summed E-state index contributed by atoms with van der Waals surface area (Å²) in [4.78, 5) is 10.2. The number of aromatic nitrogens is 1. The normalized spacial score (nSPS) is 18.8. The molecule has 5 nitrogen and oxygen atoms in total. The second-order valence-corrected chi connectivity index (χ2v) is 6.19. The predicted molar refractivity (Wildman–Crippen MR) is 94.9 cm³/mol. The number of nitrogens with one attached hydrogen (secondary N) is 2. The second kappa shape index (κ2) is 7.04. The SMILES string of the molecule is CCNC(=NCCc1c[nH]c2cccc(C)c12)N1CC[C@@H](O)C1. The van der Waals surface area contributed by atoms with Crippen LogP contribution in [0.4, 0.5) is 0 Å². The van der Waals surface area contributed by atoms with Crippen molar-refractivity contribution in [3.63, 3.8) is 0 Å². The highest BCUT2D eigenvalue weighted by molar-refractivity contribution is 5.86. The number of aryl methyl sites for hydroxylation is 1. The van der Waals surface area contributed by atoms with Crippen molar-refractivity contribution < 1.29 is 5.11 Å². The van der Waals surface area contributed by atoms with Crippen molar-refractivity contribution in [2.45, 2.75) is 32.8 Å². The van der Waals surface area contributed by atoms with Crippen LogP contribution in [0.1, 0.15) is 24.5 Å². The van der Waals surface area contributed by atoms with Gasteiger partial charge >= 0.3 is 0 Å². The van der Waals surface area contributed by atoms with Crippen molar-refractivity contribution >= 4 is 16.9 Å². The summed E-state index contributed by atoms with van der Waals surface area (Å²) in [5, 5.41) is 14.4. The first kappa shape index (κ1) is 15.9. The van der Waals surface area contributed by atoms with Crippen LogP contribution in [-0.4, -0.2) is 53.2 Å². The lowest BCUT2D eigenvalue weighted by atomic mass is 10.1. The molecule has 0 bridgehead atoms. The molecule has 124 valence electrons. The van der Waals surface area contributed by atoms with Crippen molar-refractivity contribution in [3.8, 4) is 0 Å². The molecule has 0 unspecified atom stereocenters. The molecular weight excluding hydrogens is 288 g/mol. The first-order chi connectivity index (χ1) is 11.2. The Bertz CT molecular complexity index is 691. The summed E-state index contributed by atoms with van der Waals surface area (Å²) in [5.74, 6) is 0.917. The first-order valence-corrected chi connectivity index (χ1v) is 8.46. The third-order valence-electron chi connectivity index (χ3n) is 4.44. The van der Waals surface area contributed by atoms with Gasteiger partial charge in [-0.15, -0.1) is 0 Å². The van der Waals surface area contributed by atoms with Crippen molar-refractivity contribution in [1.82, 2.24) is 15.2 Å². The summed E-state index contributed by atoms with van der Waals surface area (Å²) in [6, 6.07) is 6.35. The van der Waals surface area contributed by atoms with Gasteiger partial charge in [-0.2, -0.15) is 0 Å². The van der Waals surface area contributed by atoms with Gasteiger partial charge in [0.15, 0.2) is 5.96 Å². The molecular formula is C18H26N4O. The topological polar surface area (TPSA) is 63.7 Å². The molecule has 2 aromatic rings. The molecule has 3 rings (SSSR count). The van der Waals surface area contributed by atoms with Crippen LogP contribution in [0.3, 0.4) is 0 Å². The highest BCUT2D eigenvalue weighted by Crippen LogP contribution is 2.22. The number of aliphatic hydroxyl groups excluding tert-OH is 1. The molecule has 1 fully saturated rings. The van der Waals surface area contributed by atoms with E-state index in [2.05, 4.69) is 53.4 Å². The molecule has 3 N–H and O–H groups in total. The fraction of sp³-hybridized carbons (Fsp3) is 0.500. The lowest BCUT2D eigenvalue weighted by Crippen LogP contribution is -2.40. The largest absolute Gasteiger partial charge is 0.391 e. The standard InChI is InChI=1S/C18H26N4O/c1-3-19-18(22-10-8-15(23)12-22)20-9-7-14-11-21-16-6-4-5-13(2)17(14)16/h4-6,11,15,21,23H,3,7-10,12H2,1-2H3,(H,19,20)/t15-/m1/s1. The summed E-state index contributed by atoms with van der Waals surface area (Å²) < 4.78 is 0. The molecule has 23 heavy (non-hydrogen) atoms. The third-order valence-corrected chi connectivity index (χ3v) is 4.44. The van der Waals surface area contributed by atoms with Crippen LogP contribution in [0.5, 0.6) is 0 Å². The Morgan fingerprint density at radius 2 is 2.35 bits per heavy atom. The zero-order valence-electron chi connectivity index (χ0n) is 14.0. The van der Waals surface area contributed by atoms with Crippen LogP contribution in [-0.2, 0) is 6.42 Å². The number of hydrogen-bond acceptors (Lipinski definition) is 2. The van der Waals surface area contributed by atoms with Gasteiger partial charge in [-0.05, 0) is 43.9 Å². The van der Waals surface area contributed by atoms with E-state index in [9.17, 15) is 5.11 Å². The van der Waals surface area contributed by atoms with E-state index in [1.165, 1.54) is 22.0 Å². The van der Waals surface area contributed by atoms with E-state index in [0.717, 1.165) is 38.4 Å². The summed E-state index contributed by atoms with van der Waals surface area (Å²) in [6.07, 6.45) is 3.61. The zero-order chi connectivity index (χ0) is 16.2. The number of nitrogens with zero attached hydrogens (tertiary/aromatic N) is 2. The maximum Gasteiger partial charge on any atom is 0.194 e. The molecule has 0 saturated carbocycles. The Balaban J connectivity index is 1.70. The van der Waals surface area contributed by atoms with E-state index in [4.69, 9.17) is 4.99 Å². The van der Waals surface area contributed by atoms with E-state index in [1.807, 2.05) is 0 Å². The maximum absolute atomic E-state index is 9.71. The number of aromatic amines is 1. The lowest BCUT2D eigenvalue weighted by Gasteiger charge is -2.20. The highest BCUT2D eigenvalue weighted by Gasteiger charge is 2.22. The summed E-state index contributed by atoms with van der Waals surface area (Å²) in [5.41, 5.74) is 3.81. The molecule has 1 aromatic carbocycles. The number of likely N-dealkylation sites (tertiary alicyclic amines) is 1. The minimum absolute atomic E-state index is 0.227. The zero-order valence-corrected chi connectivity index (χ0v) is 14.0. The van der Waals surface area contributed by atoms with Crippen LogP contribution in [0, 0.1) is 6.92 Å². The van der Waals surface area contributed by atoms with Gasteiger partial charge in [-0.1, -0.05) is 12.1 Å². The lowest BCUT2D eigenvalue weighted by molar-refractivity contribution is 0.188. The van der Waals surface area contributed by atoms with E-state index < -0.39 is 0 Å². The summed E-state index contributed by atoms with van der Waals surface area (Å²) >= 11 is 0. The van der Waals surface area contributed by atoms with E-state index in [-0.39, 0.29) is 6.10 Å². The second-order valence-electron chi connectivity index (χ2n) is 6.19. The highest BCUT2D eigenvalue weighted by atomic mass is 16.3. The third kappa shape index (κ3) is 3.50. The molecule has 1 aliphatic rings. The number of fused-ring (bicyclic) bond motifs is 1. The number of benzene rings is 1. The Labute approximate surface area is 137 Å². The predicted octanol–water partition coefficient (Wildman–Crippen LogP) is 2.05. The molecule has 1 saturated heterocycles. The van der Waals surface area contributed by atoms with Crippen molar-refractivity contribution in [2.24, 2.45) is 4.99 Å². The van der Waals surface area contributed by atoms with Crippen LogP contribution in [0.2, 0.25) is 0 Å². The van der Waals surface area contributed by atoms with Crippen molar-refractivity contribution in [2.75, 3.05) is 26.2 Å². The maximum atomic E-state index is 9.71. The number of aliphatic imine (C=N–C) groups is 1. The molecule has 0 amide bonds. The number of hydrogen-bond donors (Lipinski definition) is 3. The van der Waals surface area contributed by atoms with Gasteiger partial charge in [-0.25, -0.2) is 0 Å². The van der Waals surface area contributed by atoms with Gasteiger partial charge in [0.25, 0.3) is 0 Å². The van der Waals surface area contributed by atoms with E-state index >= 15 is 0 Å². The van der Waals surface area contributed by atoms with E-state index in [1.54, 1.807) is 0 Å². The molecule has 1 aliphatic heterocycles. The van der Waals surface area contributed by atoms with Gasteiger partial charge in [-0.3, -0.25) is 4.99 Å². The van der Waals surface area contributed by atoms with Gasteiger partial charge in [0, 0.05) is 43.3 Å². The van der Waals surface area contributed by atoms with Gasteiger partial charge in [0.2, 0.25) is 0 Å². The molecule has 2 heterocycles. The Kier molecular flexibility index (Phi) is 4.86. The van der Waals surface area contributed by atoms with Crippen LogP contribution in [0.25, 0.3) is 10.9 Å². The Morgan fingerprint density at radius 3 is 3.09 bits per heavy atom. The number of rotatable bonds is 4. The monoisotopic (exact) mass is 314 g/mol. The molecule has 1 aromatic heterocycles. The fourth-order valence-corrected chi connectivity index (χ4v) is 3.29. The quantitative estimate of drug-likeness (QED) is 0.598. The van der Waals surface area contributed by atoms with E-state index in [0.29, 0.717) is 6.54 Å². The number of guanidine groups is 1. The first-order valence-electron chi connectivity index (χ1n) is 8.46. The average Bonchev–Trinajstić information content (AvgIpc) is 3.14. The summed E-state index contributed by atoms with van der Waals surface area (Å²) in [7, 11) is 0. The van der Waals surface area contributed by atoms with Crippen LogP contribution < -0.4 is 5.32 Å². The number of β-amino-alcohol motifs (C(OH)–C–C–N with tert-alkyl or cyclic N) is 1. The molecule has 0 aliphatic carbocycles. The molecule has 0 radical (unpaired) electrons. The van der Waals surface area contributed by atoms with Crippen molar-refractivity contribution in [1.29, 1.82) is 0 Å². The number of H-pyrrole nitrogens is 1. The summed E-state index contributed by atoms with van der Waals surface area (Å²) in [6.45, 7) is 7.37. The average molecular weight is 314 g/mol. The van der Waals surface area contributed by atoms with Gasteiger partial charge in [0.1, 0.15) is 0 Å². The molecule has 5 heteroatoms. The molecule has 0 spiro atoms. The van der Waals surface area contributed by atoms with Crippen LogP contribution in [0.15, 0.2) is 29.4 Å².